The van der Waals surface area contributed by atoms with Gasteiger partial charge in [-0.05, 0) is 41.6 Å². The number of benzene rings is 1. The molecule has 2 rings (SSSR count). The van der Waals surface area contributed by atoms with Crippen LogP contribution in [0.1, 0.15) is 19.4 Å². The standard InChI is InChI=1S/C16H23NO2S/c1-3-17(4-2)8-9-19-16(18)12-13-5-6-15-14(11-13)7-10-20-15/h5-7,10-11,16,18H,3-4,8-9,12H2,1-2H3. The predicted molar refractivity (Wildman–Crippen MR) is 85.3 cm³/mol. The molecule has 1 unspecified atom stereocenters. The second-order valence-corrected chi connectivity index (χ2v) is 5.80. The number of hydrogen-bond acceptors (Lipinski definition) is 4. The van der Waals surface area contributed by atoms with Crippen molar-refractivity contribution in [3.63, 3.8) is 0 Å². The minimum absolute atomic E-state index is 0.546. The lowest BCUT2D eigenvalue weighted by Crippen LogP contribution is -2.29. The zero-order chi connectivity index (χ0) is 14.4. The van der Waals surface area contributed by atoms with Crippen molar-refractivity contribution in [1.29, 1.82) is 0 Å². The average molecular weight is 293 g/mol. The number of aliphatic hydroxyl groups excluding tert-OH is 1. The van der Waals surface area contributed by atoms with E-state index < -0.39 is 6.29 Å². The van der Waals surface area contributed by atoms with Gasteiger partial charge in [-0.25, -0.2) is 0 Å². The molecule has 2 aromatic rings. The Bertz CT molecular complexity index is 522. The van der Waals surface area contributed by atoms with Gasteiger partial charge in [-0.15, -0.1) is 11.3 Å². The Hall–Kier alpha value is -0.940. The molecule has 1 atom stereocenters. The summed E-state index contributed by atoms with van der Waals surface area (Å²) in [6.07, 6.45) is -0.175. The van der Waals surface area contributed by atoms with Crippen LogP contribution in [0, 0.1) is 0 Å². The van der Waals surface area contributed by atoms with E-state index in [1.807, 2.05) is 0 Å². The first-order valence-corrected chi connectivity index (χ1v) is 8.09. The van der Waals surface area contributed by atoms with Crippen LogP contribution in [0.5, 0.6) is 0 Å². The first kappa shape index (κ1) is 15.4. The zero-order valence-electron chi connectivity index (χ0n) is 12.2. The number of nitrogens with zero attached hydrogens (tertiary/aromatic N) is 1. The van der Waals surface area contributed by atoms with Crippen LogP contribution in [0.2, 0.25) is 0 Å². The van der Waals surface area contributed by atoms with Crippen molar-refractivity contribution in [2.75, 3.05) is 26.2 Å². The molecule has 0 aliphatic carbocycles. The van der Waals surface area contributed by atoms with E-state index in [2.05, 4.69) is 48.4 Å². The molecule has 0 aliphatic heterocycles. The molecule has 3 nitrogen and oxygen atoms in total. The zero-order valence-corrected chi connectivity index (χ0v) is 13.0. The molecule has 110 valence electrons. The minimum Gasteiger partial charge on any atom is -0.368 e. The third-order valence-corrected chi connectivity index (χ3v) is 4.44. The van der Waals surface area contributed by atoms with Crippen molar-refractivity contribution in [3.05, 3.63) is 35.2 Å². The van der Waals surface area contributed by atoms with Gasteiger partial charge in [-0.1, -0.05) is 26.0 Å². The van der Waals surface area contributed by atoms with E-state index in [0.29, 0.717) is 13.0 Å². The van der Waals surface area contributed by atoms with Crippen LogP contribution in [-0.4, -0.2) is 42.5 Å². The summed E-state index contributed by atoms with van der Waals surface area (Å²) in [5, 5.41) is 13.3. The molecule has 0 amide bonds. The summed E-state index contributed by atoms with van der Waals surface area (Å²) in [5.41, 5.74) is 1.12. The summed E-state index contributed by atoms with van der Waals surface area (Å²) in [6.45, 7) is 7.75. The average Bonchev–Trinajstić information content (AvgIpc) is 2.91. The molecule has 0 spiro atoms. The van der Waals surface area contributed by atoms with Crippen molar-refractivity contribution in [1.82, 2.24) is 4.90 Å². The van der Waals surface area contributed by atoms with Crippen LogP contribution >= 0.6 is 11.3 Å². The number of hydrogen-bond donors (Lipinski definition) is 1. The molecule has 4 heteroatoms. The third-order valence-electron chi connectivity index (χ3n) is 3.54. The van der Waals surface area contributed by atoms with E-state index in [1.54, 1.807) is 11.3 Å². The van der Waals surface area contributed by atoms with Gasteiger partial charge in [-0.3, -0.25) is 0 Å². The lowest BCUT2D eigenvalue weighted by Gasteiger charge is -2.19. The smallest absolute Gasteiger partial charge is 0.158 e. The fraction of sp³-hybridized carbons (Fsp3) is 0.500. The van der Waals surface area contributed by atoms with Gasteiger partial charge in [0.1, 0.15) is 0 Å². The van der Waals surface area contributed by atoms with Gasteiger partial charge >= 0.3 is 0 Å². The molecular formula is C16H23NO2S. The normalized spacial score (nSPS) is 13.2. The maximum absolute atomic E-state index is 9.95. The molecule has 0 radical (unpaired) electrons. The Kier molecular flexibility index (Phi) is 5.98. The van der Waals surface area contributed by atoms with Crippen LogP contribution in [0.25, 0.3) is 10.1 Å². The molecule has 0 saturated heterocycles. The molecular weight excluding hydrogens is 270 g/mol. The van der Waals surface area contributed by atoms with Gasteiger partial charge in [0, 0.05) is 17.7 Å². The predicted octanol–water partition coefficient (Wildman–Crippen LogP) is 3.12. The third kappa shape index (κ3) is 4.28. The molecule has 1 aromatic carbocycles. The number of ether oxygens (including phenoxy) is 1. The molecule has 0 fully saturated rings. The Morgan fingerprint density at radius 1 is 1.25 bits per heavy atom. The van der Waals surface area contributed by atoms with Gasteiger partial charge in [0.15, 0.2) is 6.29 Å². The highest BCUT2D eigenvalue weighted by Gasteiger charge is 2.08. The molecule has 20 heavy (non-hydrogen) atoms. The lowest BCUT2D eigenvalue weighted by atomic mass is 10.1. The summed E-state index contributed by atoms with van der Waals surface area (Å²) in [6, 6.07) is 8.41. The summed E-state index contributed by atoms with van der Waals surface area (Å²) in [4.78, 5) is 2.28. The largest absolute Gasteiger partial charge is 0.368 e. The van der Waals surface area contributed by atoms with Crippen LogP contribution in [0.4, 0.5) is 0 Å². The number of aliphatic hydroxyl groups is 1. The van der Waals surface area contributed by atoms with Gasteiger partial charge in [0.25, 0.3) is 0 Å². The van der Waals surface area contributed by atoms with Crippen LogP contribution in [-0.2, 0) is 11.2 Å². The van der Waals surface area contributed by atoms with Gasteiger partial charge in [0.2, 0.25) is 0 Å². The van der Waals surface area contributed by atoms with E-state index in [4.69, 9.17) is 4.74 Å². The summed E-state index contributed by atoms with van der Waals surface area (Å²) >= 11 is 1.74. The van der Waals surface area contributed by atoms with E-state index in [0.717, 1.165) is 25.2 Å². The molecule has 1 aromatic heterocycles. The van der Waals surface area contributed by atoms with Crippen LogP contribution < -0.4 is 0 Å². The summed E-state index contributed by atoms with van der Waals surface area (Å²) in [7, 11) is 0. The fourth-order valence-electron chi connectivity index (χ4n) is 2.26. The van der Waals surface area contributed by atoms with E-state index in [1.165, 1.54) is 10.1 Å². The van der Waals surface area contributed by atoms with E-state index in [9.17, 15) is 5.11 Å². The Morgan fingerprint density at radius 2 is 2.05 bits per heavy atom. The number of rotatable bonds is 8. The maximum atomic E-state index is 9.95. The first-order chi connectivity index (χ1) is 9.72. The van der Waals surface area contributed by atoms with E-state index in [-0.39, 0.29) is 0 Å². The second kappa shape index (κ2) is 7.74. The number of likely N-dealkylation sites (N-methyl/N-ethyl adjacent to an activating group) is 1. The number of thiophene rings is 1. The Balaban J connectivity index is 1.80. The lowest BCUT2D eigenvalue weighted by molar-refractivity contribution is -0.101. The summed E-state index contributed by atoms with van der Waals surface area (Å²) < 4.78 is 6.77. The quantitative estimate of drug-likeness (QED) is 0.759. The molecule has 0 bridgehead atoms. The van der Waals surface area contributed by atoms with Crippen molar-refractivity contribution < 1.29 is 9.84 Å². The van der Waals surface area contributed by atoms with Gasteiger partial charge in [-0.2, -0.15) is 0 Å². The Labute approximate surface area is 124 Å². The molecule has 1 N–H and O–H groups in total. The monoisotopic (exact) mass is 293 g/mol. The van der Waals surface area contributed by atoms with Gasteiger partial charge in [0.05, 0.1) is 6.61 Å². The SMILES string of the molecule is CCN(CC)CCOC(O)Cc1ccc2sccc2c1. The maximum Gasteiger partial charge on any atom is 0.158 e. The van der Waals surface area contributed by atoms with Crippen molar-refractivity contribution in [2.24, 2.45) is 0 Å². The summed E-state index contributed by atoms with van der Waals surface area (Å²) in [5.74, 6) is 0. The fourth-order valence-corrected chi connectivity index (χ4v) is 3.03. The topological polar surface area (TPSA) is 32.7 Å². The Morgan fingerprint density at radius 3 is 2.80 bits per heavy atom. The first-order valence-electron chi connectivity index (χ1n) is 7.21. The highest BCUT2D eigenvalue weighted by atomic mass is 32.1. The molecule has 1 heterocycles. The highest BCUT2D eigenvalue weighted by molar-refractivity contribution is 7.17. The van der Waals surface area contributed by atoms with Crippen LogP contribution in [0.3, 0.4) is 0 Å². The molecule has 0 aliphatic rings. The van der Waals surface area contributed by atoms with Crippen molar-refractivity contribution in [2.45, 2.75) is 26.6 Å². The van der Waals surface area contributed by atoms with Crippen molar-refractivity contribution >= 4 is 21.4 Å². The van der Waals surface area contributed by atoms with E-state index >= 15 is 0 Å². The highest BCUT2D eigenvalue weighted by Crippen LogP contribution is 2.22. The minimum atomic E-state index is -0.721. The molecule has 0 saturated carbocycles. The second-order valence-electron chi connectivity index (χ2n) is 4.85. The van der Waals surface area contributed by atoms with Crippen molar-refractivity contribution in [3.8, 4) is 0 Å². The number of fused-ring (bicyclic) bond motifs is 1. The van der Waals surface area contributed by atoms with Gasteiger partial charge < -0.3 is 14.7 Å². The van der Waals surface area contributed by atoms with Crippen LogP contribution in [0.15, 0.2) is 29.6 Å².